The van der Waals surface area contributed by atoms with Gasteiger partial charge < -0.3 is 15.5 Å². The van der Waals surface area contributed by atoms with E-state index in [2.05, 4.69) is 10.6 Å². The van der Waals surface area contributed by atoms with Crippen LogP contribution in [0.5, 0.6) is 0 Å². The summed E-state index contributed by atoms with van der Waals surface area (Å²) in [6, 6.07) is 4.79. The molecule has 142 valence electrons. The van der Waals surface area contributed by atoms with Crippen molar-refractivity contribution < 1.29 is 22.8 Å². The summed E-state index contributed by atoms with van der Waals surface area (Å²) in [5, 5.41) is 5.52. The van der Waals surface area contributed by atoms with Crippen molar-refractivity contribution in [1.82, 2.24) is 4.90 Å². The molecule has 8 heteroatoms. The topological polar surface area (TPSA) is 61.4 Å². The number of hydrogen-bond donors (Lipinski definition) is 2. The van der Waals surface area contributed by atoms with E-state index in [0.29, 0.717) is 18.5 Å². The number of fused-ring (bicyclic) bond motifs is 1. The summed E-state index contributed by atoms with van der Waals surface area (Å²) in [5.41, 5.74) is 1.19. The molecule has 0 aliphatic carbocycles. The lowest BCUT2D eigenvalue weighted by molar-refractivity contribution is -0.214. The molecule has 5 nitrogen and oxygen atoms in total. The third-order valence-corrected chi connectivity index (χ3v) is 5.16. The first-order chi connectivity index (χ1) is 12.1. The minimum Gasteiger partial charge on any atom is -0.326 e. The number of halogens is 3. The molecule has 2 heterocycles. The molecule has 1 aromatic rings. The van der Waals surface area contributed by atoms with Crippen molar-refractivity contribution in [2.75, 3.05) is 23.7 Å². The van der Waals surface area contributed by atoms with Crippen LogP contribution in [0.2, 0.25) is 0 Å². The molecule has 3 rings (SSSR count). The first-order valence-corrected chi connectivity index (χ1v) is 8.62. The molecule has 2 aliphatic rings. The van der Waals surface area contributed by atoms with Crippen LogP contribution in [0.15, 0.2) is 18.2 Å². The fourth-order valence-corrected chi connectivity index (χ4v) is 3.80. The molecule has 3 amide bonds. The van der Waals surface area contributed by atoms with Crippen LogP contribution >= 0.6 is 0 Å². The number of amides is 3. The number of piperidine rings is 1. The number of carbonyl (C=O) groups excluding carboxylic acids is 2. The van der Waals surface area contributed by atoms with Gasteiger partial charge in [-0.2, -0.15) is 13.2 Å². The Labute approximate surface area is 149 Å². The van der Waals surface area contributed by atoms with Crippen molar-refractivity contribution in [1.29, 1.82) is 0 Å². The summed E-state index contributed by atoms with van der Waals surface area (Å²) in [5.74, 6) is -1.45. The molecule has 1 fully saturated rings. The van der Waals surface area contributed by atoms with Gasteiger partial charge in [0.05, 0.1) is 5.92 Å². The van der Waals surface area contributed by atoms with Crippen LogP contribution in [0.1, 0.15) is 32.3 Å². The van der Waals surface area contributed by atoms with E-state index >= 15 is 0 Å². The quantitative estimate of drug-likeness (QED) is 0.786. The number of hydrogen-bond acceptors (Lipinski definition) is 2. The Morgan fingerprint density at radius 1 is 1.31 bits per heavy atom. The number of rotatable bonds is 1. The molecule has 1 saturated heterocycles. The van der Waals surface area contributed by atoms with Gasteiger partial charge in [0.15, 0.2) is 0 Å². The van der Waals surface area contributed by atoms with Gasteiger partial charge in [0.25, 0.3) is 0 Å². The van der Waals surface area contributed by atoms with E-state index in [1.54, 1.807) is 32.0 Å². The highest BCUT2D eigenvalue weighted by molar-refractivity contribution is 5.95. The van der Waals surface area contributed by atoms with Crippen molar-refractivity contribution in [2.45, 2.75) is 39.3 Å². The molecule has 0 spiro atoms. The fourth-order valence-electron chi connectivity index (χ4n) is 3.80. The minimum atomic E-state index is -4.25. The lowest BCUT2D eigenvalue weighted by atomic mass is 9.73. The van der Waals surface area contributed by atoms with Gasteiger partial charge in [0.2, 0.25) is 5.91 Å². The molecule has 0 unspecified atom stereocenters. The maximum atomic E-state index is 13.2. The Morgan fingerprint density at radius 2 is 2.04 bits per heavy atom. The monoisotopic (exact) mass is 369 g/mol. The Kier molecular flexibility index (Phi) is 4.62. The molecule has 26 heavy (non-hydrogen) atoms. The van der Waals surface area contributed by atoms with Crippen LogP contribution in [-0.4, -0.2) is 36.1 Å². The lowest BCUT2D eigenvalue weighted by Gasteiger charge is -2.44. The number of nitrogens with one attached hydrogen (secondary N) is 2. The highest BCUT2D eigenvalue weighted by Gasteiger charge is 2.51. The molecular formula is C18H22F3N3O2. The second-order valence-electron chi connectivity index (χ2n) is 7.64. The molecule has 1 atom stereocenters. The van der Waals surface area contributed by atoms with E-state index < -0.39 is 23.5 Å². The third kappa shape index (κ3) is 3.78. The lowest BCUT2D eigenvalue weighted by Crippen LogP contribution is -2.53. The standard InChI is InChI=1S/C18H22F3N3O2/c1-17(2)10-24(8-7-14(17)18(19,20)21)16(26)22-12-4-5-13-11(9-12)3-6-15(25)23-13/h4-5,9,14H,3,6-8,10H2,1-2H3,(H,22,26)(H,23,25)/t14-/m0/s1. The number of nitrogens with zero attached hydrogens (tertiary/aromatic N) is 1. The summed E-state index contributed by atoms with van der Waals surface area (Å²) >= 11 is 0. The smallest absolute Gasteiger partial charge is 0.326 e. The zero-order valence-electron chi connectivity index (χ0n) is 14.7. The highest BCUT2D eigenvalue weighted by Crippen LogP contribution is 2.45. The Morgan fingerprint density at radius 3 is 2.69 bits per heavy atom. The van der Waals surface area contributed by atoms with Crippen LogP contribution in [0.25, 0.3) is 0 Å². The average Bonchev–Trinajstić information content (AvgIpc) is 2.52. The van der Waals surface area contributed by atoms with E-state index in [1.165, 1.54) is 4.90 Å². The largest absolute Gasteiger partial charge is 0.392 e. The van der Waals surface area contributed by atoms with Gasteiger partial charge in [-0.3, -0.25) is 4.79 Å². The summed E-state index contributed by atoms with van der Waals surface area (Å²) < 4.78 is 39.5. The molecule has 1 aromatic carbocycles. The van der Waals surface area contributed by atoms with Gasteiger partial charge in [-0.15, -0.1) is 0 Å². The molecule has 0 aromatic heterocycles. The second-order valence-corrected chi connectivity index (χ2v) is 7.64. The van der Waals surface area contributed by atoms with Crippen molar-refractivity contribution in [2.24, 2.45) is 11.3 Å². The number of benzene rings is 1. The molecule has 0 radical (unpaired) electrons. The zero-order valence-corrected chi connectivity index (χ0v) is 14.7. The van der Waals surface area contributed by atoms with Gasteiger partial charge in [-0.25, -0.2) is 4.79 Å². The summed E-state index contributed by atoms with van der Waals surface area (Å²) in [4.78, 5) is 25.3. The molecule has 2 aliphatic heterocycles. The number of aryl methyl sites for hydroxylation is 1. The fraction of sp³-hybridized carbons (Fsp3) is 0.556. The maximum Gasteiger partial charge on any atom is 0.392 e. The Balaban J connectivity index is 1.67. The van der Waals surface area contributed by atoms with Crippen molar-refractivity contribution in [3.63, 3.8) is 0 Å². The van der Waals surface area contributed by atoms with Crippen molar-refractivity contribution >= 4 is 23.3 Å². The highest BCUT2D eigenvalue weighted by atomic mass is 19.4. The van der Waals surface area contributed by atoms with E-state index in [9.17, 15) is 22.8 Å². The van der Waals surface area contributed by atoms with Gasteiger partial charge >= 0.3 is 12.2 Å². The first kappa shape index (κ1) is 18.5. The van der Waals surface area contributed by atoms with Crippen LogP contribution in [0.3, 0.4) is 0 Å². The third-order valence-electron chi connectivity index (χ3n) is 5.16. The Hall–Kier alpha value is -2.25. The summed E-state index contributed by atoms with van der Waals surface area (Å²) in [7, 11) is 0. The number of alkyl halides is 3. The van der Waals surface area contributed by atoms with Gasteiger partial charge in [0, 0.05) is 30.9 Å². The van der Waals surface area contributed by atoms with Crippen LogP contribution in [-0.2, 0) is 11.2 Å². The predicted octanol–water partition coefficient (Wildman–Crippen LogP) is 4.01. The summed E-state index contributed by atoms with van der Waals surface area (Å²) in [6.45, 7) is 3.21. The molecule has 0 saturated carbocycles. The van der Waals surface area contributed by atoms with E-state index in [1.807, 2.05) is 0 Å². The van der Waals surface area contributed by atoms with Crippen molar-refractivity contribution in [3.05, 3.63) is 23.8 Å². The van der Waals surface area contributed by atoms with E-state index in [0.717, 1.165) is 11.3 Å². The van der Waals surface area contributed by atoms with Crippen molar-refractivity contribution in [3.8, 4) is 0 Å². The first-order valence-electron chi connectivity index (χ1n) is 8.62. The molecule has 2 N–H and O–H groups in total. The number of likely N-dealkylation sites (tertiary alicyclic amines) is 1. The summed E-state index contributed by atoms with van der Waals surface area (Å²) in [6.07, 6.45) is -3.37. The number of anilines is 2. The SMILES string of the molecule is CC1(C)CN(C(=O)Nc2ccc3c(c2)CCC(=O)N3)CC[C@@H]1C(F)(F)F. The van der Waals surface area contributed by atoms with Crippen LogP contribution in [0.4, 0.5) is 29.3 Å². The Bertz CT molecular complexity index is 731. The molecular weight excluding hydrogens is 347 g/mol. The van der Waals surface area contributed by atoms with Crippen LogP contribution < -0.4 is 10.6 Å². The molecule has 0 bridgehead atoms. The van der Waals surface area contributed by atoms with E-state index in [4.69, 9.17) is 0 Å². The predicted molar refractivity (Wildman–Crippen MR) is 91.9 cm³/mol. The maximum absolute atomic E-state index is 13.2. The van der Waals surface area contributed by atoms with E-state index in [-0.39, 0.29) is 25.4 Å². The second kappa shape index (κ2) is 6.48. The van der Waals surface area contributed by atoms with Crippen LogP contribution in [0, 0.1) is 11.3 Å². The average molecular weight is 369 g/mol. The van der Waals surface area contributed by atoms with Gasteiger partial charge in [-0.1, -0.05) is 13.8 Å². The number of carbonyl (C=O) groups is 2. The minimum absolute atomic E-state index is 0.0379. The van der Waals surface area contributed by atoms with Gasteiger partial charge in [0.1, 0.15) is 0 Å². The van der Waals surface area contributed by atoms with Gasteiger partial charge in [-0.05, 0) is 42.0 Å². The number of urea groups is 1. The normalized spacial score (nSPS) is 22.4. The zero-order chi connectivity index (χ0) is 19.1.